The summed E-state index contributed by atoms with van der Waals surface area (Å²) in [6, 6.07) is 16.6. The Kier molecular flexibility index (Phi) is 5.21. The third kappa shape index (κ3) is 4.25. The van der Waals surface area contributed by atoms with Crippen LogP contribution in [0.15, 0.2) is 60.2 Å². The van der Waals surface area contributed by atoms with Gasteiger partial charge in [-0.3, -0.25) is 10.1 Å². The average Bonchev–Trinajstić information content (AvgIpc) is 2.58. The normalized spacial score (nSPS) is 10.7. The van der Waals surface area contributed by atoms with Crippen molar-refractivity contribution in [3.8, 4) is 6.07 Å². The number of nitrogens with zero attached hydrogens (tertiary/aromatic N) is 2. The Balaban J connectivity index is 2.18. The van der Waals surface area contributed by atoms with E-state index in [-0.39, 0.29) is 23.4 Å². The van der Waals surface area contributed by atoms with Crippen LogP contribution >= 0.6 is 0 Å². The molecule has 114 valence electrons. The third-order valence-corrected chi connectivity index (χ3v) is 2.99. The van der Waals surface area contributed by atoms with Crippen LogP contribution in [0.1, 0.15) is 11.1 Å². The first-order valence-electron chi connectivity index (χ1n) is 6.68. The maximum atomic E-state index is 12.0. The molecule has 6 nitrogen and oxygen atoms in total. The Morgan fingerprint density at radius 3 is 2.48 bits per heavy atom. The van der Waals surface area contributed by atoms with Crippen LogP contribution in [0.25, 0.3) is 6.08 Å². The fourth-order valence-corrected chi connectivity index (χ4v) is 1.87. The molecule has 2 rings (SSSR count). The number of benzene rings is 2. The Morgan fingerprint density at radius 2 is 1.83 bits per heavy atom. The van der Waals surface area contributed by atoms with Crippen molar-refractivity contribution in [1.29, 1.82) is 5.26 Å². The van der Waals surface area contributed by atoms with Crippen molar-refractivity contribution in [3.05, 3.63) is 81.4 Å². The molecule has 0 aliphatic heterocycles. The van der Waals surface area contributed by atoms with Crippen LogP contribution in [0.2, 0.25) is 0 Å². The summed E-state index contributed by atoms with van der Waals surface area (Å²) in [6.45, 7) is 0.0234. The molecule has 0 aromatic heterocycles. The molecule has 0 atom stereocenters. The maximum Gasteiger partial charge on any atom is 0.349 e. The molecule has 0 bridgehead atoms. The minimum Gasteiger partial charge on any atom is -0.457 e. The number of esters is 1. The number of hydrogen-bond acceptors (Lipinski definition) is 5. The van der Waals surface area contributed by atoms with Gasteiger partial charge in [0.05, 0.1) is 10.5 Å². The summed E-state index contributed by atoms with van der Waals surface area (Å²) in [5.74, 6) is -0.825. The molecule has 2 aromatic carbocycles. The van der Waals surface area contributed by atoms with E-state index in [1.165, 1.54) is 18.2 Å². The highest BCUT2D eigenvalue weighted by molar-refractivity contribution is 5.98. The molecule has 0 aliphatic carbocycles. The predicted octanol–water partition coefficient (Wildman–Crippen LogP) is 3.25. The fraction of sp³-hybridized carbons (Fsp3) is 0.0588. The summed E-state index contributed by atoms with van der Waals surface area (Å²) < 4.78 is 5.05. The van der Waals surface area contributed by atoms with Crippen molar-refractivity contribution >= 4 is 17.7 Å². The quantitative estimate of drug-likeness (QED) is 0.278. The zero-order valence-electron chi connectivity index (χ0n) is 12.0. The van der Waals surface area contributed by atoms with Crippen LogP contribution in [0.4, 0.5) is 5.69 Å². The summed E-state index contributed by atoms with van der Waals surface area (Å²) in [4.78, 5) is 22.3. The molecule has 0 amide bonds. The van der Waals surface area contributed by atoms with Gasteiger partial charge < -0.3 is 4.74 Å². The molecule has 0 fully saturated rings. The second-order valence-corrected chi connectivity index (χ2v) is 4.55. The van der Waals surface area contributed by atoms with Gasteiger partial charge in [0.1, 0.15) is 18.2 Å². The smallest absolute Gasteiger partial charge is 0.349 e. The second kappa shape index (κ2) is 7.52. The van der Waals surface area contributed by atoms with E-state index in [1.807, 2.05) is 6.07 Å². The Morgan fingerprint density at radius 1 is 1.17 bits per heavy atom. The highest BCUT2D eigenvalue weighted by atomic mass is 16.6. The maximum absolute atomic E-state index is 12.0. The lowest BCUT2D eigenvalue weighted by atomic mass is 10.1. The highest BCUT2D eigenvalue weighted by Crippen LogP contribution is 2.21. The van der Waals surface area contributed by atoms with Crippen molar-refractivity contribution in [3.63, 3.8) is 0 Å². The minimum atomic E-state index is -0.825. The molecule has 2 aromatic rings. The molecule has 0 heterocycles. The summed E-state index contributed by atoms with van der Waals surface area (Å²) in [7, 11) is 0. The molecule has 0 spiro atoms. The van der Waals surface area contributed by atoms with Gasteiger partial charge in [-0.05, 0) is 17.7 Å². The Labute approximate surface area is 132 Å². The number of nitro groups is 1. The molecule has 6 heteroatoms. The first-order valence-corrected chi connectivity index (χ1v) is 6.68. The standard InChI is InChI=1S/C17H12N2O4/c18-11-15(10-14-8-4-5-9-16(14)19(21)22)17(20)23-12-13-6-2-1-3-7-13/h1-10H,12H2. The topological polar surface area (TPSA) is 93.2 Å². The number of para-hydroxylation sites is 1. The van der Waals surface area contributed by atoms with Crippen molar-refractivity contribution in [2.75, 3.05) is 0 Å². The monoisotopic (exact) mass is 308 g/mol. The number of carbonyl (C=O) groups excluding carboxylic acids is 1. The van der Waals surface area contributed by atoms with E-state index in [9.17, 15) is 14.9 Å². The summed E-state index contributed by atoms with van der Waals surface area (Å²) >= 11 is 0. The highest BCUT2D eigenvalue weighted by Gasteiger charge is 2.15. The number of nitro benzene ring substituents is 1. The van der Waals surface area contributed by atoms with Crippen LogP contribution in [-0.2, 0) is 16.1 Å². The van der Waals surface area contributed by atoms with Crippen LogP contribution < -0.4 is 0 Å². The van der Waals surface area contributed by atoms with E-state index in [4.69, 9.17) is 10.00 Å². The van der Waals surface area contributed by atoms with Crippen LogP contribution in [0, 0.1) is 21.4 Å². The van der Waals surface area contributed by atoms with E-state index >= 15 is 0 Å². The van der Waals surface area contributed by atoms with E-state index in [2.05, 4.69) is 0 Å². The molecule has 23 heavy (non-hydrogen) atoms. The number of nitriles is 1. The number of hydrogen-bond donors (Lipinski definition) is 0. The SMILES string of the molecule is N#CC(=Cc1ccccc1[N+](=O)[O-])C(=O)OCc1ccccc1. The average molecular weight is 308 g/mol. The van der Waals surface area contributed by atoms with E-state index in [0.29, 0.717) is 0 Å². The number of rotatable bonds is 5. The van der Waals surface area contributed by atoms with Gasteiger partial charge in [-0.2, -0.15) is 5.26 Å². The third-order valence-electron chi connectivity index (χ3n) is 2.99. The molecule has 0 aliphatic rings. The molecule has 0 N–H and O–H groups in total. The van der Waals surface area contributed by atoms with Crippen LogP contribution in [-0.4, -0.2) is 10.9 Å². The van der Waals surface area contributed by atoms with Crippen LogP contribution in [0.5, 0.6) is 0 Å². The Hall–Kier alpha value is -3.46. The zero-order chi connectivity index (χ0) is 16.7. The lowest BCUT2D eigenvalue weighted by Gasteiger charge is -2.04. The second-order valence-electron chi connectivity index (χ2n) is 4.55. The van der Waals surface area contributed by atoms with E-state index < -0.39 is 10.9 Å². The van der Waals surface area contributed by atoms with Gasteiger partial charge in [-0.25, -0.2) is 4.79 Å². The summed E-state index contributed by atoms with van der Waals surface area (Å²) in [5, 5.41) is 20.0. The largest absolute Gasteiger partial charge is 0.457 e. The summed E-state index contributed by atoms with van der Waals surface area (Å²) in [5.41, 5.74) is 0.473. The minimum absolute atomic E-state index is 0.0234. The van der Waals surface area contributed by atoms with Gasteiger partial charge in [0.15, 0.2) is 0 Å². The summed E-state index contributed by atoms with van der Waals surface area (Å²) in [6.07, 6.45) is 1.16. The van der Waals surface area contributed by atoms with Crippen LogP contribution in [0.3, 0.4) is 0 Å². The van der Waals surface area contributed by atoms with Gasteiger partial charge in [-0.15, -0.1) is 0 Å². The lowest BCUT2D eigenvalue weighted by molar-refractivity contribution is -0.385. The van der Waals surface area contributed by atoms with Gasteiger partial charge in [0.2, 0.25) is 0 Å². The van der Waals surface area contributed by atoms with Crippen molar-refractivity contribution in [1.82, 2.24) is 0 Å². The van der Waals surface area contributed by atoms with Crippen molar-refractivity contribution in [2.45, 2.75) is 6.61 Å². The molecule has 0 radical (unpaired) electrons. The fourth-order valence-electron chi connectivity index (χ4n) is 1.87. The van der Waals surface area contributed by atoms with Gasteiger partial charge in [-0.1, -0.05) is 42.5 Å². The number of carbonyl (C=O) groups is 1. The van der Waals surface area contributed by atoms with Crippen molar-refractivity contribution in [2.24, 2.45) is 0 Å². The van der Waals surface area contributed by atoms with E-state index in [1.54, 1.807) is 36.4 Å². The molecule has 0 saturated heterocycles. The van der Waals surface area contributed by atoms with Crippen molar-refractivity contribution < 1.29 is 14.5 Å². The Bertz CT molecular complexity index is 792. The zero-order valence-corrected chi connectivity index (χ0v) is 12.0. The lowest BCUT2D eigenvalue weighted by Crippen LogP contribution is -2.07. The molecular weight excluding hydrogens is 296 g/mol. The molecule has 0 saturated carbocycles. The van der Waals surface area contributed by atoms with Gasteiger partial charge in [0, 0.05) is 6.07 Å². The predicted molar refractivity (Wildman–Crippen MR) is 82.9 cm³/mol. The van der Waals surface area contributed by atoms with Gasteiger partial charge in [0.25, 0.3) is 5.69 Å². The van der Waals surface area contributed by atoms with Gasteiger partial charge >= 0.3 is 5.97 Å². The molecule has 0 unspecified atom stereocenters. The first kappa shape index (κ1) is 15.9. The first-order chi connectivity index (χ1) is 11.1. The molecular formula is C17H12N2O4. The number of ether oxygens (including phenoxy) is 1. The van der Waals surface area contributed by atoms with E-state index in [0.717, 1.165) is 11.6 Å².